The Morgan fingerprint density at radius 1 is 1.31 bits per heavy atom. The Bertz CT molecular complexity index is 601. The van der Waals surface area contributed by atoms with Gasteiger partial charge in [0.15, 0.2) is 11.6 Å². The van der Waals surface area contributed by atoms with Gasteiger partial charge in [0.2, 0.25) is 0 Å². The van der Waals surface area contributed by atoms with Gasteiger partial charge >= 0.3 is 6.09 Å². The molecule has 1 amide bonds. The second-order valence-electron chi connectivity index (χ2n) is 5.90. The van der Waals surface area contributed by atoms with Gasteiger partial charge in [-0.05, 0) is 25.5 Å². The van der Waals surface area contributed by atoms with Crippen molar-refractivity contribution in [2.75, 3.05) is 39.5 Å². The largest absolute Gasteiger partial charge is 0.488 e. The summed E-state index contributed by atoms with van der Waals surface area (Å²) in [6.45, 7) is 6.15. The first-order chi connectivity index (χ1) is 12.6. The van der Waals surface area contributed by atoms with Crippen LogP contribution < -0.4 is 10.1 Å². The van der Waals surface area contributed by atoms with E-state index in [1.54, 1.807) is 4.90 Å². The molecule has 1 N–H and O–H groups in total. The lowest BCUT2D eigenvalue weighted by Crippen LogP contribution is -2.53. The third kappa shape index (κ3) is 5.28. The summed E-state index contributed by atoms with van der Waals surface area (Å²) in [5, 5.41) is 3.20. The fourth-order valence-electron chi connectivity index (χ4n) is 2.76. The van der Waals surface area contributed by atoms with E-state index in [0.29, 0.717) is 32.8 Å². The number of benzene rings is 1. The zero-order chi connectivity index (χ0) is 18.9. The van der Waals surface area contributed by atoms with Crippen LogP contribution in [0, 0.1) is 11.6 Å². The van der Waals surface area contributed by atoms with Crippen molar-refractivity contribution in [1.29, 1.82) is 0 Å². The minimum Gasteiger partial charge on any atom is -0.488 e. The van der Waals surface area contributed by atoms with Crippen molar-refractivity contribution in [3.8, 4) is 5.75 Å². The Balaban J connectivity index is 1.98. The van der Waals surface area contributed by atoms with Crippen LogP contribution in [-0.4, -0.2) is 56.5 Å². The third-order valence-electron chi connectivity index (χ3n) is 4.24. The second-order valence-corrected chi connectivity index (χ2v) is 5.90. The lowest BCUT2D eigenvalue weighted by molar-refractivity contribution is 0.0696. The van der Waals surface area contributed by atoms with Crippen molar-refractivity contribution in [2.24, 2.45) is 0 Å². The summed E-state index contributed by atoms with van der Waals surface area (Å²) in [7, 11) is 0. The van der Waals surface area contributed by atoms with E-state index >= 15 is 0 Å². The summed E-state index contributed by atoms with van der Waals surface area (Å²) in [4.78, 5) is 13.9. The topological polar surface area (TPSA) is 60.0 Å². The van der Waals surface area contributed by atoms with Gasteiger partial charge in [-0.3, -0.25) is 0 Å². The number of carbonyl (C=O) groups is 1. The maximum absolute atomic E-state index is 14.5. The molecule has 1 aromatic rings. The zero-order valence-electron chi connectivity index (χ0n) is 15.2. The van der Waals surface area contributed by atoms with E-state index in [-0.39, 0.29) is 24.0 Å². The van der Waals surface area contributed by atoms with Gasteiger partial charge in [-0.15, -0.1) is 0 Å². The van der Waals surface area contributed by atoms with Crippen molar-refractivity contribution in [3.63, 3.8) is 0 Å². The van der Waals surface area contributed by atoms with Gasteiger partial charge in [-0.1, -0.05) is 6.92 Å². The molecule has 0 bridgehead atoms. The Kier molecular flexibility index (Phi) is 8.06. The highest BCUT2D eigenvalue weighted by atomic mass is 19.1. The number of nitrogens with zero attached hydrogens (tertiary/aromatic N) is 1. The maximum atomic E-state index is 14.5. The Morgan fingerprint density at radius 3 is 2.85 bits per heavy atom. The van der Waals surface area contributed by atoms with E-state index in [1.165, 1.54) is 6.07 Å². The molecule has 0 spiro atoms. The van der Waals surface area contributed by atoms with Gasteiger partial charge in [0.1, 0.15) is 19.0 Å². The first-order valence-corrected chi connectivity index (χ1v) is 8.90. The summed E-state index contributed by atoms with van der Waals surface area (Å²) in [5.41, 5.74) is -0.324. The molecule has 1 fully saturated rings. The highest BCUT2D eigenvalue weighted by Crippen LogP contribution is 2.24. The minimum atomic E-state index is -0.860. The number of piperazine rings is 1. The number of rotatable bonds is 8. The second kappa shape index (κ2) is 10.3. The fraction of sp³-hybridized carbons (Fsp3) is 0.611. The minimum absolute atomic E-state index is 0.0131. The van der Waals surface area contributed by atoms with E-state index in [4.69, 9.17) is 14.2 Å². The quantitative estimate of drug-likeness (QED) is 0.711. The highest BCUT2D eigenvalue weighted by Gasteiger charge is 2.27. The molecule has 0 unspecified atom stereocenters. The molecule has 0 aromatic heterocycles. The zero-order valence-corrected chi connectivity index (χ0v) is 15.2. The molecule has 1 atom stereocenters. The maximum Gasteiger partial charge on any atom is 0.410 e. The van der Waals surface area contributed by atoms with Crippen LogP contribution in [0.1, 0.15) is 25.8 Å². The van der Waals surface area contributed by atoms with Crippen LogP contribution in [0.3, 0.4) is 0 Å². The predicted molar refractivity (Wildman–Crippen MR) is 92.2 cm³/mol. The first-order valence-electron chi connectivity index (χ1n) is 8.90. The molecule has 1 saturated heterocycles. The van der Waals surface area contributed by atoms with Gasteiger partial charge in [0.25, 0.3) is 0 Å². The molecule has 1 aromatic carbocycles. The van der Waals surface area contributed by atoms with Crippen LogP contribution in [0.25, 0.3) is 0 Å². The molecule has 26 heavy (non-hydrogen) atoms. The van der Waals surface area contributed by atoms with Crippen molar-refractivity contribution in [3.05, 3.63) is 29.3 Å². The number of amides is 1. The average Bonchev–Trinajstić information content (AvgIpc) is 2.66. The molecular weight excluding hydrogens is 346 g/mol. The standard InChI is InChI=1S/C18H26F2N2O4/c1-3-13-11-21-7-8-22(13)18(23)26-12-14-15(19)5-6-16(17(14)20)25-10-9-24-4-2/h5-6,13,21H,3-4,7-12H2,1-2H3/t13-/m1/s1. The molecule has 0 radical (unpaired) electrons. The number of hydrogen-bond donors (Lipinski definition) is 1. The lowest BCUT2D eigenvalue weighted by atomic mass is 10.1. The van der Waals surface area contributed by atoms with Crippen LogP contribution in [0.15, 0.2) is 12.1 Å². The molecule has 1 aliphatic rings. The van der Waals surface area contributed by atoms with Crippen LogP contribution in [-0.2, 0) is 16.1 Å². The normalized spacial score (nSPS) is 17.2. The summed E-state index contributed by atoms with van der Waals surface area (Å²) < 4.78 is 44.0. The van der Waals surface area contributed by atoms with Crippen LogP contribution in [0.5, 0.6) is 5.75 Å². The molecule has 0 saturated carbocycles. The Labute approximate surface area is 152 Å². The predicted octanol–water partition coefficient (Wildman–Crippen LogP) is 2.70. The lowest BCUT2D eigenvalue weighted by Gasteiger charge is -2.34. The molecule has 6 nitrogen and oxygen atoms in total. The number of halogens is 2. The van der Waals surface area contributed by atoms with Gasteiger partial charge in [0.05, 0.1) is 12.2 Å². The number of hydrogen-bond acceptors (Lipinski definition) is 5. The van der Waals surface area contributed by atoms with E-state index in [2.05, 4.69) is 5.32 Å². The highest BCUT2D eigenvalue weighted by molar-refractivity contribution is 5.68. The van der Waals surface area contributed by atoms with Crippen molar-refractivity contribution >= 4 is 6.09 Å². The number of ether oxygens (including phenoxy) is 3. The molecule has 8 heteroatoms. The van der Waals surface area contributed by atoms with Gasteiger partial charge in [-0.25, -0.2) is 13.6 Å². The summed E-state index contributed by atoms with van der Waals surface area (Å²) in [6, 6.07) is 2.33. The molecular formula is C18H26F2N2O4. The first kappa shape index (κ1) is 20.4. The summed E-state index contributed by atoms with van der Waals surface area (Å²) in [6.07, 6.45) is 0.202. The van der Waals surface area contributed by atoms with Crippen molar-refractivity contribution < 1.29 is 27.8 Å². The number of carbonyl (C=O) groups excluding carboxylic acids is 1. The Hall–Kier alpha value is -1.93. The Morgan fingerprint density at radius 2 is 2.12 bits per heavy atom. The van der Waals surface area contributed by atoms with Crippen molar-refractivity contribution in [1.82, 2.24) is 10.2 Å². The average molecular weight is 372 g/mol. The molecule has 1 heterocycles. The van der Waals surface area contributed by atoms with E-state index in [1.807, 2.05) is 13.8 Å². The van der Waals surface area contributed by atoms with Crippen LogP contribution >= 0.6 is 0 Å². The summed E-state index contributed by atoms with van der Waals surface area (Å²) in [5.74, 6) is -1.73. The molecule has 1 aliphatic heterocycles. The molecule has 2 rings (SSSR count). The van der Waals surface area contributed by atoms with E-state index < -0.39 is 24.3 Å². The monoisotopic (exact) mass is 372 g/mol. The molecule has 0 aliphatic carbocycles. The molecule has 146 valence electrons. The van der Waals surface area contributed by atoms with Gasteiger partial charge in [-0.2, -0.15) is 0 Å². The third-order valence-corrected chi connectivity index (χ3v) is 4.24. The number of nitrogens with one attached hydrogen (secondary N) is 1. The smallest absolute Gasteiger partial charge is 0.410 e. The SMILES string of the molecule is CCOCCOc1ccc(F)c(COC(=O)N2CCNC[C@H]2CC)c1F. The fourth-order valence-corrected chi connectivity index (χ4v) is 2.76. The van der Waals surface area contributed by atoms with Gasteiger partial charge < -0.3 is 24.4 Å². The van der Waals surface area contributed by atoms with Crippen molar-refractivity contribution in [2.45, 2.75) is 32.9 Å². The van der Waals surface area contributed by atoms with Crippen LogP contribution in [0.4, 0.5) is 13.6 Å². The van der Waals surface area contributed by atoms with Crippen LogP contribution in [0.2, 0.25) is 0 Å². The van der Waals surface area contributed by atoms with E-state index in [0.717, 1.165) is 12.5 Å². The van der Waals surface area contributed by atoms with Gasteiger partial charge in [0, 0.05) is 32.3 Å². The summed E-state index contributed by atoms with van der Waals surface area (Å²) >= 11 is 0. The van der Waals surface area contributed by atoms with E-state index in [9.17, 15) is 13.6 Å².